The number of nitrogens with one attached hydrogen (secondary N) is 2. The third-order valence-electron chi connectivity index (χ3n) is 4.63. The van der Waals surface area contributed by atoms with E-state index in [4.69, 9.17) is 0 Å². The molecule has 132 valence electrons. The Kier molecular flexibility index (Phi) is 5.66. The average Bonchev–Trinajstić information content (AvgIpc) is 3.12. The summed E-state index contributed by atoms with van der Waals surface area (Å²) in [6.07, 6.45) is 2.36. The Bertz CT molecular complexity index is 701. The molecule has 0 aromatic heterocycles. The van der Waals surface area contributed by atoms with Crippen molar-refractivity contribution in [2.45, 2.75) is 31.8 Å². The summed E-state index contributed by atoms with van der Waals surface area (Å²) in [6.45, 7) is 4.05. The van der Waals surface area contributed by atoms with Gasteiger partial charge in [-0.15, -0.1) is 0 Å². The van der Waals surface area contributed by atoms with Gasteiger partial charge in [0.25, 0.3) is 0 Å². The molecule has 1 heterocycles. The highest BCUT2D eigenvalue weighted by molar-refractivity contribution is 5.89. The number of likely N-dealkylation sites (tertiary alicyclic amines) is 1. The molecule has 0 saturated carbocycles. The van der Waals surface area contributed by atoms with Gasteiger partial charge < -0.3 is 10.6 Å². The fourth-order valence-electron chi connectivity index (χ4n) is 3.49. The quantitative estimate of drug-likeness (QED) is 0.857. The van der Waals surface area contributed by atoms with Crippen LogP contribution in [0, 0.1) is 5.82 Å². The maximum atomic E-state index is 13.7. The minimum absolute atomic E-state index is 0.104. The van der Waals surface area contributed by atoms with Gasteiger partial charge in [0, 0.05) is 6.04 Å². The molecule has 0 radical (unpaired) electrons. The number of carbonyl (C=O) groups excluding carboxylic acids is 1. The third kappa shape index (κ3) is 4.37. The SMILES string of the molecule is CC(NC(=O)Nc1ccccc1F)C(c1ccccc1)N1CCCC1. The summed E-state index contributed by atoms with van der Waals surface area (Å²) in [4.78, 5) is 14.7. The van der Waals surface area contributed by atoms with E-state index in [0.29, 0.717) is 0 Å². The molecule has 25 heavy (non-hydrogen) atoms. The van der Waals surface area contributed by atoms with Crippen LogP contribution < -0.4 is 10.6 Å². The standard InChI is InChI=1S/C20H24FN3O/c1-15(22-20(25)23-18-12-6-5-11-17(18)21)19(24-13-7-8-14-24)16-9-3-2-4-10-16/h2-6,9-12,15,19H,7-8,13-14H2,1H3,(H2,22,23,25). The number of anilines is 1. The monoisotopic (exact) mass is 341 g/mol. The summed E-state index contributed by atoms with van der Waals surface area (Å²) in [5.41, 5.74) is 1.37. The number of urea groups is 1. The van der Waals surface area contributed by atoms with Gasteiger partial charge in [-0.3, -0.25) is 4.90 Å². The highest BCUT2D eigenvalue weighted by Gasteiger charge is 2.29. The number of carbonyl (C=O) groups is 1. The van der Waals surface area contributed by atoms with Gasteiger partial charge in [-0.25, -0.2) is 9.18 Å². The van der Waals surface area contributed by atoms with Crippen molar-refractivity contribution in [2.75, 3.05) is 18.4 Å². The van der Waals surface area contributed by atoms with Gasteiger partial charge in [0.05, 0.1) is 11.7 Å². The van der Waals surface area contributed by atoms with E-state index >= 15 is 0 Å². The van der Waals surface area contributed by atoms with Crippen molar-refractivity contribution in [3.63, 3.8) is 0 Å². The molecule has 2 aromatic carbocycles. The Hall–Kier alpha value is -2.40. The Morgan fingerprint density at radius 2 is 1.68 bits per heavy atom. The molecule has 2 unspecified atom stereocenters. The van der Waals surface area contributed by atoms with Crippen molar-refractivity contribution >= 4 is 11.7 Å². The Morgan fingerprint density at radius 1 is 1.04 bits per heavy atom. The zero-order valence-corrected chi connectivity index (χ0v) is 14.4. The Morgan fingerprint density at radius 3 is 2.36 bits per heavy atom. The number of amides is 2. The average molecular weight is 341 g/mol. The van der Waals surface area contributed by atoms with E-state index in [1.165, 1.54) is 24.5 Å². The van der Waals surface area contributed by atoms with Crippen LogP contribution in [0.1, 0.15) is 31.4 Å². The maximum Gasteiger partial charge on any atom is 0.319 e. The lowest BCUT2D eigenvalue weighted by Gasteiger charge is -2.33. The lowest BCUT2D eigenvalue weighted by atomic mass is 9.99. The molecule has 0 bridgehead atoms. The first-order chi connectivity index (χ1) is 12.1. The van der Waals surface area contributed by atoms with Crippen LogP contribution in [0.4, 0.5) is 14.9 Å². The summed E-state index contributed by atoms with van der Waals surface area (Å²) in [5, 5.41) is 5.57. The van der Waals surface area contributed by atoms with Crippen molar-refractivity contribution in [3.8, 4) is 0 Å². The van der Waals surface area contributed by atoms with E-state index in [-0.39, 0.29) is 17.8 Å². The van der Waals surface area contributed by atoms with Crippen LogP contribution in [-0.2, 0) is 0 Å². The summed E-state index contributed by atoms with van der Waals surface area (Å²) in [5.74, 6) is -0.440. The number of halogens is 1. The molecule has 1 aliphatic heterocycles. The molecule has 2 amide bonds. The highest BCUT2D eigenvalue weighted by atomic mass is 19.1. The zero-order chi connectivity index (χ0) is 17.6. The van der Waals surface area contributed by atoms with Crippen molar-refractivity contribution in [1.29, 1.82) is 0 Å². The molecule has 4 nitrogen and oxygen atoms in total. The van der Waals surface area contributed by atoms with Crippen molar-refractivity contribution in [2.24, 2.45) is 0 Å². The van der Waals surface area contributed by atoms with Gasteiger partial charge in [-0.05, 0) is 50.6 Å². The normalized spacial score (nSPS) is 17.0. The summed E-state index contributed by atoms with van der Waals surface area (Å²) in [6, 6.07) is 16.0. The molecule has 1 fully saturated rings. The van der Waals surface area contributed by atoms with E-state index in [9.17, 15) is 9.18 Å². The fourth-order valence-corrected chi connectivity index (χ4v) is 3.49. The third-order valence-corrected chi connectivity index (χ3v) is 4.63. The largest absolute Gasteiger partial charge is 0.333 e. The van der Waals surface area contributed by atoms with Crippen molar-refractivity contribution < 1.29 is 9.18 Å². The number of hydrogen-bond acceptors (Lipinski definition) is 2. The van der Waals surface area contributed by atoms with E-state index in [1.807, 2.05) is 25.1 Å². The van der Waals surface area contributed by atoms with Crippen molar-refractivity contribution in [1.82, 2.24) is 10.2 Å². The molecule has 2 N–H and O–H groups in total. The zero-order valence-electron chi connectivity index (χ0n) is 14.4. The van der Waals surface area contributed by atoms with Crippen LogP contribution >= 0.6 is 0 Å². The number of nitrogens with zero attached hydrogens (tertiary/aromatic N) is 1. The van der Waals surface area contributed by atoms with Gasteiger partial charge in [0.15, 0.2) is 0 Å². The van der Waals surface area contributed by atoms with Gasteiger partial charge in [-0.2, -0.15) is 0 Å². The summed E-state index contributed by atoms with van der Waals surface area (Å²) < 4.78 is 13.7. The molecular formula is C20H24FN3O. The lowest BCUT2D eigenvalue weighted by Crippen LogP contribution is -2.45. The van der Waals surface area contributed by atoms with Crippen LogP contribution in [0.25, 0.3) is 0 Å². The molecule has 0 aliphatic carbocycles. The molecule has 5 heteroatoms. The first kappa shape index (κ1) is 17.4. The van der Waals surface area contributed by atoms with E-state index < -0.39 is 11.8 Å². The van der Waals surface area contributed by atoms with Gasteiger partial charge in [0.1, 0.15) is 5.82 Å². The first-order valence-electron chi connectivity index (χ1n) is 8.76. The molecule has 1 saturated heterocycles. The van der Waals surface area contributed by atoms with E-state index in [2.05, 4.69) is 27.7 Å². The van der Waals surface area contributed by atoms with Gasteiger partial charge in [0.2, 0.25) is 0 Å². The maximum absolute atomic E-state index is 13.7. The molecule has 3 rings (SSSR count). The van der Waals surface area contributed by atoms with E-state index in [0.717, 1.165) is 13.1 Å². The van der Waals surface area contributed by atoms with Gasteiger partial charge >= 0.3 is 6.03 Å². The molecule has 2 aromatic rings. The number of rotatable bonds is 5. The second-order valence-electron chi connectivity index (χ2n) is 6.47. The van der Waals surface area contributed by atoms with E-state index in [1.54, 1.807) is 18.2 Å². The van der Waals surface area contributed by atoms with Crippen LogP contribution in [0.5, 0.6) is 0 Å². The minimum Gasteiger partial charge on any atom is -0.333 e. The second-order valence-corrected chi connectivity index (χ2v) is 6.47. The predicted octanol–water partition coefficient (Wildman–Crippen LogP) is 4.17. The second kappa shape index (κ2) is 8.12. The predicted molar refractivity (Wildman–Crippen MR) is 98.0 cm³/mol. The van der Waals surface area contributed by atoms with Crippen LogP contribution in [0.2, 0.25) is 0 Å². The number of para-hydroxylation sites is 1. The minimum atomic E-state index is -0.440. The molecular weight excluding hydrogens is 317 g/mol. The first-order valence-corrected chi connectivity index (χ1v) is 8.76. The summed E-state index contributed by atoms with van der Waals surface area (Å²) in [7, 11) is 0. The number of benzene rings is 2. The topological polar surface area (TPSA) is 44.4 Å². The summed E-state index contributed by atoms with van der Waals surface area (Å²) >= 11 is 0. The van der Waals surface area contributed by atoms with Crippen LogP contribution in [-0.4, -0.2) is 30.1 Å². The van der Waals surface area contributed by atoms with Gasteiger partial charge in [-0.1, -0.05) is 42.5 Å². The number of hydrogen-bond donors (Lipinski definition) is 2. The highest BCUT2D eigenvalue weighted by Crippen LogP contribution is 2.28. The van der Waals surface area contributed by atoms with Crippen LogP contribution in [0.15, 0.2) is 54.6 Å². The Balaban J connectivity index is 1.70. The lowest BCUT2D eigenvalue weighted by molar-refractivity contribution is 0.197. The molecule has 2 atom stereocenters. The molecule has 0 spiro atoms. The van der Waals surface area contributed by atoms with Crippen LogP contribution in [0.3, 0.4) is 0 Å². The molecule has 1 aliphatic rings. The fraction of sp³-hybridized carbons (Fsp3) is 0.350. The van der Waals surface area contributed by atoms with Crippen molar-refractivity contribution in [3.05, 3.63) is 66.0 Å². The smallest absolute Gasteiger partial charge is 0.319 e. The Labute approximate surface area is 148 Å².